The van der Waals surface area contributed by atoms with E-state index in [0.29, 0.717) is 28.2 Å². The van der Waals surface area contributed by atoms with Gasteiger partial charge in [-0.05, 0) is 35.4 Å². The third kappa shape index (κ3) is 5.73. The third-order valence-corrected chi connectivity index (χ3v) is 5.46. The fourth-order valence-corrected chi connectivity index (χ4v) is 3.41. The summed E-state index contributed by atoms with van der Waals surface area (Å²) in [6.07, 6.45) is 0.657. The van der Waals surface area contributed by atoms with Crippen LogP contribution in [0.15, 0.2) is 53.7 Å². The van der Waals surface area contributed by atoms with Crippen LogP contribution in [-0.4, -0.2) is 26.4 Å². The van der Waals surface area contributed by atoms with Crippen LogP contribution in [0.1, 0.15) is 17.0 Å². The molecular weight excluding hydrogens is 403 g/mol. The second-order valence-electron chi connectivity index (χ2n) is 5.95. The number of carbonyl (C=O) groups is 1. The minimum absolute atomic E-state index is 0.0581. The van der Waals surface area contributed by atoms with Crippen LogP contribution >= 0.6 is 35.0 Å². The molecule has 2 aromatic carbocycles. The molecule has 5 nitrogen and oxygen atoms in total. The van der Waals surface area contributed by atoms with Crippen molar-refractivity contribution in [3.05, 3.63) is 75.5 Å². The van der Waals surface area contributed by atoms with Gasteiger partial charge in [0.2, 0.25) is 5.91 Å². The molecular formula is C19H18Cl2N4OS. The third-order valence-electron chi connectivity index (χ3n) is 3.94. The number of aromatic nitrogens is 3. The van der Waals surface area contributed by atoms with Crippen LogP contribution in [0.4, 0.5) is 0 Å². The summed E-state index contributed by atoms with van der Waals surface area (Å²) in [6, 6.07) is 15.0. The zero-order valence-corrected chi connectivity index (χ0v) is 17.0. The lowest BCUT2D eigenvalue weighted by Gasteiger charge is -2.06. The second-order valence-corrected chi connectivity index (χ2v) is 7.77. The molecule has 0 radical (unpaired) electrons. The summed E-state index contributed by atoms with van der Waals surface area (Å²) in [5.74, 6) is 1.05. The van der Waals surface area contributed by atoms with Crippen LogP contribution in [0.5, 0.6) is 0 Å². The van der Waals surface area contributed by atoms with Gasteiger partial charge in [0.05, 0.1) is 5.75 Å². The number of hydrogen-bond acceptors (Lipinski definition) is 4. The first-order chi connectivity index (χ1) is 13.0. The minimum Gasteiger partial charge on any atom is -0.351 e. The lowest BCUT2D eigenvalue weighted by Crippen LogP contribution is -2.24. The Morgan fingerprint density at radius 1 is 1.00 bits per heavy atom. The SMILES string of the molecule is Cn1c(Cc2ccc(Cl)cc2)nnc1SCC(=O)NCc1ccc(Cl)cc1. The number of benzene rings is 2. The van der Waals surface area contributed by atoms with Crippen molar-refractivity contribution in [2.75, 3.05) is 5.75 Å². The normalized spacial score (nSPS) is 10.8. The summed E-state index contributed by atoms with van der Waals surface area (Å²) in [6.45, 7) is 0.469. The van der Waals surface area contributed by atoms with E-state index >= 15 is 0 Å². The van der Waals surface area contributed by atoms with E-state index in [-0.39, 0.29) is 11.7 Å². The molecule has 0 atom stereocenters. The van der Waals surface area contributed by atoms with Crippen molar-refractivity contribution >= 4 is 40.9 Å². The van der Waals surface area contributed by atoms with Crippen molar-refractivity contribution in [2.24, 2.45) is 7.05 Å². The van der Waals surface area contributed by atoms with Crippen molar-refractivity contribution in [3.63, 3.8) is 0 Å². The topological polar surface area (TPSA) is 59.8 Å². The van der Waals surface area contributed by atoms with Gasteiger partial charge in [0.1, 0.15) is 5.82 Å². The molecule has 0 fully saturated rings. The van der Waals surface area contributed by atoms with Gasteiger partial charge in [0.15, 0.2) is 5.16 Å². The number of hydrogen-bond donors (Lipinski definition) is 1. The van der Waals surface area contributed by atoms with E-state index in [1.165, 1.54) is 11.8 Å². The number of carbonyl (C=O) groups excluding carboxylic acids is 1. The van der Waals surface area contributed by atoms with Crippen LogP contribution in [0, 0.1) is 0 Å². The van der Waals surface area contributed by atoms with Crippen LogP contribution < -0.4 is 5.32 Å². The summed E-state index contributed by atoms with van der Waals surface area (Å²) in [5.41, 5.74) is 2.11. The molecule has 0 saturated carbocycles. The van der Waals surface area contributed by atoms with E-state index in [4.69, 9.17) is 23.2 Å². The van der Waals surface area contributed by atoms with Crippen LogP contribution in [-0.2, 0) is 24.8 Å². The molecule has 27 heavy (non-hydrogen) atoms. The quantitative estimate of drug-likeness (QED) is 0.583. The Kier molecular flexibility index (Phi) is 6.77. The highest BCUT2D eigenvalue weighted by Gasteiger charge is 2.12. The van der Waals surface area contributed by atoms with E-state index in [1.807, 2.05) is 48.0 Å². The summed E-state index contributed by atoms with van der Waals surface area (Å²) in [7, 11) is 1.90. The lowest BCUT2D eigenvalue weighted by molar-refractivity contribution is -0.118. The molecule has 1 aromatic heterocycles. The van der Waals surface area contributed by atoms with Gasteiger partial charge in [-0.2, -0.15) is 0 Å². The summed E-state index contributed by atoms with van der Waals surface area (Å²) in [4.78, 5) is 12.1. The summed E-state index contributed by atoms with van der Waals surface area (Å²) < 4.78 is 1.91. The molecule has 140 valence electrons. The molecule has 0 aliphatic carbocycles. The first kappa shape index (κ1) is 19.7. The van der Waals surface area contributed by atoms with Gasteiger partial charge >= 0.3 is 0 Å². The summed E-state index contributed by atoms with van der Waals surface area (Å²) >= 11 is 13.1. The number of thioether (sulfide) groups is 1. The molecule has 1 amide bonds. The number of nitrogens with one attached hydrogen (secondary N) is 1. The maximum absolute atomic E-state index is 12.1. The van der Waals surface area contributed by atoms with Gasteiger partial charge in [-0.3, -0.25) is 4.79 Å². The summed E-state index contributed by atoms with van der Waals surface area (Å²) in [5, 5.41) is 13.4. The molecule has 3 aromatic rings. The Labute approximate surface area is 172 Å². The average molecular weight is 421 g/mol. The maximum atomic E-state index is 12.1. The van der Waals surface area contributed by atoms with Crippen molar-refractivity contribution in [2.45, 2.75) is 18.1 Å². The Morgan fingerprint density at radius 3 is 2.22 bits per heavy atom. The molecule has 3 rings (SSSR count). The molecule has 8 heteroatoms. The monoisotopic (exact) mass is 420 g/mol. The van der Waals surface area contributed by atoms with Crippen molar-refractivity contribution in [3.8, 4) is 0 Å². The zero-order valence-electron chi connectivity index (χ0n) is 14.7. The van der Waals surface area contributed by atoms with Gasteiger partial charge in [-0.1, -0.05) is 59.2 Å². The van der Waals surface area contributed by atoms with E-state index in [2.05, 4.69) is 15.5 Å². The maximum Gasteiger partial charge on any atom is 0.230 e. The van der Waals surface area contributed by atoms with Crippen LogP contribution in [0.2, 0.25) is 10.0 Å². The second kappa shape index (κ2) is 9.26. The van der Waals surface area contributed by atoms with Gasteiger partial charge in [0.25, 0.3) is 0 Å². The predicted octanol–water partition coefficient (Wildman–Crippen LogP) is 4.12. The Hall–Kier alpha value is -2.02. The smallest absolute Gasteiger partial charge is 0.230 e. The van der Waals surface area contributed by atoms with Gasteiger partial charge < -0.3 is 9.88 Å². The number of amides is 1. The van der Waals surface area contributed by atoms with Crippen molar-refractivity contribution in [1.82, 2.24) is 20.1 Å². The lowest BCUT2D eigenvalue weighted by atomic mass is 10.1. The van der Waals surface area contributed by atoms with Crippen LogP contribution in [0.25, 0.3) is 0 Å². The first-order valence-electron chi connectivity index (χ1n) is 8.28. The number of nitrogens with zero attached hydrogens (tertiary/aromatic N) is 3. The highest BCUT2D eigenvalue weighted by Crippen LogP contribution is 2.18. The molecule has 1 heterocycles. The molecule has 0 unspecified atom stereocenters. The Morgan fingerprint density at radius 2 is 1.59 bits per heavy atom. The number of halogens is 2. The zero-order chi connectivity index (χ0) is 19.2. The van der Waals surface area contributed by atoms with E-state index in [9.17, 15) is 4.79 Å². The fourth-order valence-electron chi connectivity index (χ4n) is 2.39. The van der Waals surface area contributed by atoms with Crippen LogP contribution in [0.3, 0.4) is 0 Å². The van der Waals surface area contributed by atoms with Crippen molar-refractivity contribution in [1.29, 1.82) is 0 Å². The highest BCUT2D eigenvalue weighted by atomic mass is 35.5. The standard InChI is InChI=1S/C19H18Cl2N4OS/c1-25-17(10-13-2-6-15(20)7-3-13)23-24-19(25)27-12-18(26)22-11-14-4-8-16(21)9-5-14/h2-9H,10-12H2,1H3,(H,22,26). The molecule has 0 spiro atoms. The van der Waals surface area contributed by atoms with Crippen molar-refractivity contribution < 1.29 is 4.79 Å². The first-order valence-corrected chi connectivity index (χ1v) is 10.0. The minimum atomic E-state index is -0.0581. The largest absolute Gasteiger partial charge is 0.351 e. The highest BCUT2D eigenvalue weighted by molar-refractivity contribution is 7.99. The molecule has 1 N–H and O–H groups in total. The fraction of sp³-hybridized carbons (Fsp3) is 0.211. The Bertz CT molecular complexity index is 910. The molecule has 0 aliphatic heterocycles. The van der Waals surface area contributed by atoms with Gasteiger partial charge in [-0.25, -0.2) is 0 Å². The predicted molar refractivity (Wildman–Crippen MR) is 109 cm³/mol. The van der Waals surface area contributed by atoms with Gasteiger partial charge in [-0.15, -0.1) is 10.2 Å². The molecule has 0 bridgehead atoms. The Balaban J connectivity index is 1.50. The molecule has 0 aliphatic rings. The van der Waals surface area contributed by atoms with Gasteiger partial charge in [0, 0.05) is 30.1 Å². The van der Waals surface area contributed by atoms with E-state index < -0.39 is 0 Å². The molecule has 0 saturated heterocycles. The average Bonchev–Trinajstić information content (AvgIpc) is 3.01. The van der Waals surface area contributed by atoms with E-state index in [0.717, 1.165) is 17.0 Å². The van der Waals surface area contributed by atoms with E-state index in [1.54, 1.807) is 12.1 Å². The number of rotatable bonds is 7.